The van der Waals surface area contributed by atoms with Gasteiger partial charge in [0.1, 0.15) is 5.75 Å². The van der Waals surface area contributed by atoms with Gasteiger partial charge in [0, 0.05) is 24.9 Å². The van der Waals surface area contributed by atoms with E-state index in [9.17, 15) is 0 Å². The second-order valence-corrected chi connectivity index (χ2v) is 4.59. The van der Waals surface area contributed by atoms with E-state index in [2.05, 4.69) is 17.2 Å². The van der Waals surface area contributed by atoms with Crippen LogP contribution >= 0.6 is 0 Å². The first-order valence-corrected chi connectivity index (χ1v) is 6.62. The largest absolute Gasteiger partial charge is 0.439 e. The molecule has 0 amide bonds. The molecule has 0 saturated heterocycles. The lowest BCUT2D eigenvalue weighted by Gasteiger charge is -2.15. The molecule has 0 bridgehead atoms. The maximum absolute atomic E-state index is 5.91. The third-order valence-corrected chi connectivity index (χ3v) is 3.12. The lowest BCUT2D eigenvalue weighted by atomic mass is 10.1. The first-order valence-electron chi connectivity index (χ1n) is 6.62. The summed E-state index contributed by atoms with van der Waals surface area (Å²) in [6.45, 7) is 2.64. The third kappa shape index (κ3) is 3.56. The molecule has 1 aromatic heterocycles. The summed E-state index contributed by atoms with van der Waals surface area (Å²) in [5.41, 5.74) is 2.11. The van der Waals surface area contributed by atoms with E-state index in [1.54, 1.807) is 13.3 Å². The number of nitrogens with one attached hydrogen (secondary N) is 1. The van der Waals surface area contributed by atoms with Crippen molar-refractivity contribution in [3.8, 4) is 11.6 Å². The molecule has 0 fully saturated rings. The smallest absolute Gasteiger partial charge is 0.223 e. The molecule has 1 heterocycles. The van der Waals surface area contributed by atoms with Crippen LogP contribution < -0.4 is 10.1 Å². The Morgan fingerprint density at radius 1 is 1.25 bits per heavy atom. The van der Waals surface area contributed by atoms with Gasteiger partial charge in [-0.3, -0.25) is 0 Å². The lowest BCUT2D eigenvalue weighted by molar-refractivity contribution is 0.184. The fourth-order valence-electron chi connectivity index (χ4n) is 1.95. The van der Waals surface area contributed by atoms with Gasteiger partial charge in [-0.05, 0) is 37.7 Å². The second-order valence-electron chi connectivity index (χ2n) is 4.59. The molecule has 1 aromatic carbocycles. The summed E-state index contributed by atoms with van der Waals surface area (Å²) in [5, 5.41) is 3.20. The number of rotatable bonds is 6. The molecule has 20 heavy (non-hydrogen) atoms. The van der Waals surface area contributed by atoms with E-state index in [1.165, 1.54) is 0 Å². The van der Waals surface area contributed by atoms with Crippen LogP contribution in [-0.4, -0.2) is 19.1 Å². The van der Waals surface area contributed by atoms with E-state index in [0.717, 1.165) is 16.9 Å². The number of aromatic nitrogens is 1. The number of pyridine rings is 1. The third-order valence-electron chi connectivity index (χ3n) is 3.12. The molecule has 0 aliphatic rings. The Morgan fingerprint density at radius 3 is 2.85 bits per heavy atom. The highest BCUT2D eigenvalue weighted by Crippen LogP contribution is 2.27. The van der Waals surface area contributed by atoms with Crippen molar-refractivity contribution < 1.29 is 9.47 Å². The van der Waals surface area contributed by atoms with E-state index in [4.69, 9.17) is 9.47 Å². The molecule has 0 spiro atoms. The van der Waals surface area contributed by atoms with Crippen molar-refractivity contribution in [2.45, 2.75) is 19.6 Å². The maximum Gasteiger partial charge on any atom is 0.223 e. The maximum atomic E-state index is 5.91. The van der Waals surface area contributed by atoms with E-state index >= 15 is 0 Å². The average molecular weight is 272 g/mol. The monoisotopic (exact) mass is 272 g/mol. The molecule has 0 aliphatic heterocycles. The van der Waals surface area contributed by atoms with Crippen molar-refractivity contribution >= 4 is 0 Å². The normalized spacial score (nSPS) is 12.2. The molecular weight excluding hydrogens is 252 g/mol. The van der Waals surface area contributed by atoms with Crippen molar-refractivity contribution in [1.29, 1.82) is 0 Å². The summed E-state index contributed by atoms with van der Waals surface area (Å²) in [7, 11) is 3.60. The van der Waals surface area contributed by atoms with Crippen molar-refractivity contribution in [3.63, 3.8) is 0 Å². The zero-order chi connectivity index (χ0) is 14.4. The molecule has 4 nitrogen and oxygen atoms in total. The minimum atomic E-state index is 0.181. The minimum Gasteiger partial charge on any atom is -0.439 e. The fraction of sp³-hybridized carbons (Fsp3) is 0.312. The predicted molar refractivity (Wildman–Crippen MR) is 78.9 cm³/mol. The zero-order valence-electron chi connectivity index (χ0n) is 12.1. The fourth-order valence-corrected chi connectivity index (χ4v) is 1.95. The molecule has 2 rings (SSSR count). The Kier molecular flexibility index (Phi) is 5.09. The summed E-state index contributed by atoms with van der Waals surface area (Å²) in [5.74, 6) is 1.40. The van der Waals surface area contributed by atoms with E-state index in [0.29, 0.717) is 12.5 Å². The average Bonchev–Trinajstić information content (AvgIpc) is 2.48. The van der Waals surface area contributed by atoms with E-state index in [1.807, 2.05) is 43.4 Å². The first kappa shape index (κ1) is 14.5. The van der Waals surface area contributed by atoms with Crippen molar-refractivity contribution in [3.05, 3.63) is 53.7 Å². The highest BCUT2D eigenvalue weighted by Gasteiger charge is 2.11. The van der Waals surface area contributed by atoms with Gasteiger partial charge in [0.25, 0.3) is 0 Å². The van der Waals surface area contributed by atoms with Crippen molar-refractivity contribution in [2.75, 3.05) is 14.2 Å². The topological polar surface area (TPSA) is 43.4 Å². The van der Waals surface area contributed by atoms with Gasteiger partial charge >= 0.3 is 0 Å². The predicted octanol–water partition coefficient (Wildman–Crippen LogP) is 3.30. The summed E-state index contributed by atoms with van der Waals surface area (Å²) in [6, 6.07) is 12.0. The Balaban J connectivity index is 2.23. The number of ether oxygens (including phenoxy) is 2. The summed E-state index contributed by atoms with van der Waals surface area (Å²) >= 11 is 0. The first-order chi connectivity index (χ1) is 9.74. The van der Waals surface area contributed by atoms with Crippen LogP contribution in [0.5, 0.6) is 11.6 Å². The lowest BCUT2D eigenvalue weighted by Crippen LogP contribution is -2.13. The number of hydrogen-bond donors (Lipinski definition) is 1. The van der Waals surface area contributed by atoms with Crippen LogP contribution in [0.3, 0.4) is 0 Å². The number of methoxy groups -OCH3 is 1. The molecule has 1 unspecified atom stereocenters. The molecule has 2 aromatic rings. The molecule has 1 N–H and O–H groups in total. The molecule has 1 atom stereocenters. The van der Waals surface area contributed by atoms with Gasteiger partial charge in [0.05, 0.1) is 6.61 Å². The van der Waals surface area contributed by atoms with Gasteiger partial charge < -0.3 is 14.8 Å². The van der Waals surface area contributed by atoms with Crippen molar-refractivity contribution in [2.24, 2.45) is 0 Å². The van der Waals surface area contributed by atoms with Crippen LogP contribution in [0.1, 0.15) is 24.1 Å². The summed E-state index contributed by atoms with van der Waals surface area (Å²) in [6.07, 6.45) is 1.74. The SMILES string of the molecule is CNC(C)c1cccnc1Oc1cccc(COC)c1. The minimum absolute atomic E-state index is 0.181. The van der Waals surface area contributed by atoms with Crippen LogP contribution in [-0.2, 0) is 11.3 Å². The molecule has 0 aliphatic carbocycles. The van der Waals surface area contributed by atoms with Gasteiger partial charge in [0.15, 0.2) is 0 Å². The van der Waals surface area contributed by atoms with E-state index < -0.39 is 0 Å². The Hall–Kier alpha value is -1.91. The highest BCUT2D eigenvalue weighted by molar-refractivity contribution is 5.35. The standard InChI is InChI=1S/C16H20N2O2/c1-12(17-2)15-8-5-9-18-16(15)20-14-7-4-6-13(10-14)11-19-3/h4-10,12,17H,11H2,1-3H3. The molecule has 0 saturated carbocycles. The number of benzene rings is 1. The van der Waals surface area contributed by atoms with E-state index in [-0.39, 0.29) is 6.04 Å². The Morgan fingerprint density at radius 2 is 2.10 bits per heavy atom. The number of hydrogen-bond acceptors (Lipinski definition) is 4. The van der Waals surface area contributed by atoms with Crippen LogP contribution in [0.4, 0.5) is 0 Å². The summed E-state index contributed by atoms with van der Waals surface area (Å²) in [4.78, 5) is 4.33. The quantitative estimate of drug-likeness (QED) is 0.876. The summed E-state index contributed by atoms with van der Waals surface area (Å²) < 4.78 is 11.0. The molecular formula is C16H20N2O2. The van der Waals surface area contributed by atoms with Crippen molar-refractivity contribution in [1.82, 2.24) is 10.3 Å². The second kappa shape index (κ2) is 7.03. The van der Waals surface area contributed by atoms with Gasteiger partial charge in [-0.2, -0.15) is 0 Å². The van der Waals surface area contributed by atoms with Gasteiger partial charge in [0.2, 0.25) is 5.88 Å². The zero-order valence-corrected chi connectivity index (χ0v) is 12.1. The van der Waals surface area contributed by atoms with Crippen LogP contribution in [0, 0.1) is 0 Å². The molecule has 4 heteroatoms. The van der Waals surface area contributed by atoms with Gasteiger partial charge in [-0.1, -0.05) is 18.2 Å². The van der Waals surface area contributed by atoms with Crippen LogP contribution in [0.2, 0.25) is 0 Å². The Labute approximate surface area is 119 Å². The van der Waals surface area contributed by atoms with Crippen LogP contribution in [0.15, 0.2) is 42.6 Å². The highest BCUT2D eigenvalue weighted by atomic mass is 16.5. The van der Waals surface area contributed by atoms with Gasteiger partial charge in [-0.25, -0.2) is 4.98 Å². The molecule has 106 valence electrons. The van der Waals surface area contributed by atoms with Gasteiger partial charge in [-0.15, -0.1) is 0 Å². The molecule has 0 radical (unpaired) electrons. The Bertz CT molecular complexity index is 558. The van der Waals surface area contributed by atoms with Crippen LogP contribution in [0.25, 0.3) is 0 Å². The number of nitrogens with zero attached hydrogens (tertiary/aromatic N) is 1.